The molecule has 1 saturated heterocycles. The number of benzene rings is 1. The van der Waals surface area contributed by atoms with Crippen molar-refractivity contribution in [3.63, 3.8) is 0 Å². The van der Waals surface area contributed by atoms with E-state index in [2.05, 4.69) is 5.32 Å². The molecule has 17 heavy (non-hydrogen) atoms. The molecule has 3 heteroatoms. The number of hydrogen-bond donors (Lipinski definition) is 3. The second-order valence-corrected chi connectivity index (χ2v) is 5.21. The fourth-order valence-corrected chi connectivity index (χ4v) is 2.59. The second kappa shape index (κ2) is 5.07. The lowest BCUT2D eigenvalue weighted by Gasteiger charge is -2.36. The summed E-state index contributed by atoms with van der Waals surface area (Å²) in [4.78, 5) is 0. The minimum absolute atomic E-state index is 0.151. The highest BCUT2D eigenvalue weighted by molar-refractivity contribution is 5.28. The summed E-state index contributed by atoms with van der Waals surface area (Å²) < 4.78 is 0. The molecule has 1 aliphatic heterocycles. The summed E-state index contributed by atoms with van der Waals surface area (Å²) in [7, 11) is 0. The average Bonchev–Trinajstić information content (AvgIpc) is 2.29. The van der Waals surface area contributed by atoms with Gasteiger partial charge in [0.2, 0.25) is 0 Å². The lowest BCUT2D eigenvalue weighted by Crippen LogP contribution is -2.52. The molecule has 0 radical (unpaired) electrons. The minimum atomic E-state index is -0.756. The van der Waals surface area contributed by atoms with Crippen molar-refractivity contribution in [2.24, 2.45) is 0 Å². The molecule has 0 saturated carbocycles. The Kier molecular flexibility index (Phi) is 3.69. The fraction of sp³-hybridized carbons (Fsp3) is 0.571. The first-order chi connectivity index (χ1) is 8.08. The van der Waals surface area contributed by atoms with E-state index in [-0.39, 0.29) is 11.8 Å². The van der Waals surface area contributed by atoms with Crippen LogP contribution in [0.2, 0.25) is 0 Å². The average molecular weight is 235 g/mol. The molecule has 0 aliphatic carbocycles. The van der Waals surface area contributed by atoms with Gasteiger partial charge in [-0.05, 0) is 44.0 Å². The highest BCUT2D eigenvalue weighted by atomic mass is 16.3. The first-order valence-corrected chi connectivity index (χ1v) is 6.31. The van der Waals surface area contributed by atoms with Gasteiger partial charge in [0.1, 0.15) is 5.75 Å². The molecule has 0 spiro atoms. The monoisotopic (exact) mass is 235 g/mol. The summed E-state index contributed by atoms with van der Waals surface area (Å²) in [5.41, 5.74) is 0.219. The summed E-state index contributed by atoms with van der Waals surface area (Å²) in [6.07, 6.45) is 3.96. The van der Waals surface area contributed by atoms with E-state index in [4.69, 9.17) is 0 Å². The van der Waals surface area contributed by atoms with Gasteiger partial charge in [-0.25, -0.2) is 0 Å². The van der Waals surface area contributed by atoms with Crippen LogP contribution in [0.25, 0.3) is 0 Å². The third-order valence-electron chi connectivity index (χ3n) is 3.53. The van der Waals surface area contributed by atoms with E-state index in [9.17, 15) is 10.2 Å². The molecule has 2 atom stereocenters. The van der Waals surface area contributed by atoms with Crippen LogP contribution in [-0.4, -0.2) is 28.4 Å². The Bertz CT molecular complexity index is 370. The van der Waals surface area contributed by atoms with Gasteiger partial charge in [0.25, 0.3) is 0 Å². The molecule has 2 rings (SSSR count). The van der Waals surface area contributed by atoms with Gasteiger partial charge >= 0.3 is 0 Å². The number of aliphatic hydroxyl groups is 1. The molecule has 94 valence electrons. The SMILES string of the molecule is CC(O)(Cc1cccc(O)c1)C1CCCCN1. The van der Waals surface area contributed by atoms with E-state index in [0.717, 1.165) is 18.5 Å². The lowest BCUT2D eigenvalue weighted by atomic mass is 9.84. The van der Waals surface area contributed by atoms with Gasteiger partial charge in [-0.15, -0.1) is 0 Å². The van der Waals surface area contributed by atoms with Crippen LogP contribution < -0.4 is 5.32 Å². The predicted molar refractivity (Wildman–Crippen MR) is 68.1 cm³/mol. The van der Waals surface area contributed by atoms with Crippen molar-refractivity contribution in [2.75, 3.05) is 6.54 Å². The molecule has 0 bridgehead atoms. The summed E-state index contributed by atoms with van der Waals surface area (Å²) >= 11 is 0. The molecule has 0 aromatic heterocycles. The fourth-order valence-electron chi connectivity index (χ4n) is 2.59. The van der Waals surface area contributed by atoms with Gasteiger partial charge in [0.15, 0.2) is 0 Å². The predicted octanol–water partition coefficient (Wildman–Crippen LogP) is 1.83. The molecular formula is C14H21NO2. The van der Waals surface area contributed by atoms with E-state index in [1.54, 1.807) is 12.1 Å². The molecule has 1 fully saturated rings. The highest BCUT2D eigenvalue weighted by Gasteiger charge is 2.32. The zero-order valence-corrected chi connectivity index (χ0v) is 10.3. The van der Waals surface area contributed by atoms with Crippen LogP contribution in [0, 0.1) is 0 Å². The maximum absolute atomic E-state index is 10.5. The van der Waals surface area contributed by atoms with Gasteiger partial charge in [0, 0.05) is 12.5 Å². The van der Waals surface area contributed by atoms with Crippen LogP contribution in [0.4, 0.5) is 0 Å². The van der Waals surface area contributed by atoms with Gasteiger partial charge in [-0.1, -0.05) is 18.6 Å². The van der Waals surface area contributed by atoms with Gasteiger partial charge < -0.3 is 15.5 Å². The summed E-state index contributed by atoms with van der Waals surface area (Å²) in [5, 5.41) is 23.3. The molecule has 2 unspecified atom stereocenters. The number of phenols is 1. The Morgan fingerprint density at radius 2 is 2.24 bits per heavy atom. The van der Waals surface area contributed by atoms with E-state index in [1.165, 1.54) is 12.8 Å². The van der Waals surface area contributed by atoms with Crippen LogP contribution in [0.1, 0.15) is 31.7 Å². The summed E-state index contributed by atoms with van der Waals surface area (Å²) in [5.74, 6) is 0.259. The first kappa shape index (κ1) is 12.4. The van der Waals surface area contributed by atoms with Crippen molar-refractivity contribution in [1.82, 2.24) is 5.32 Å². The van der Waals surface area contributed by atoms with E-state index >= 15 is 0 Å². The number of phenolic OH excluding ortho intramolecular Hbond substituents is 1. The van der Waals surface area contributed by atoms with Crippen LogP contribution in [0.3, 0.4) is 0 Å². The number of piperidine rings is 1. The molecule has 1 aromatic rings. The smallest absolute Gasteiger partial charge is 0.115 e. The van der Waals surface area contributed by atoms with Crippen molar-refractivity contribution in [3.8, 4) is 5.75 Å². The minimum Gasteiger partial charge on any atom is -0.508 e. The van der Waals surface area contributed by atoms with Crippen LogP contribution in [0.15, 0.2) is 24.3 Å². The van der Waals surface area contributed by atoms with E-state index < -0.39 is 5.60 Å². The molecule has 3 nitrogen and oxygen atoms in total. The van der Waals surface area contributed by atoms with Crippen LogP contribution >= 0.6 is 0 Å². The highest BCUT2D eigenvalue weighted by Crippen LogP contribution is 2.24. The maximum atomic E-state index is 10.5. The van der Waals surface area contributed by atoms with Crippen molar-refractivity contribution < 1.29 is 10.2 Å². The number of nitrogens with one attached hydrogen (secondary N) is 1. The maximum Gasteiger partial charge on any atom is 0.115 e. The van der Waals surface area contributed by atoms with Gasteiger partial charge in [0.05, 0.1) is 5.60 Å². The normalized spacial score (nSPS) is 24.2. The topological polar surface area (TPSA) is 52.5 Å². The second-order valence-electron chi connectivity index (χ2n) is 5.21. The third-order valence-corrected chi connectivity index (χ3v) is 3.53. The number of aromatic hydroxyl groups is 1. The lowest BCUT2D eigenvalue weighted by molar-refractivity contribution is 0.0104. The van der Waals surface area contributed by atoms with Crippen molar-refractivity contribution in [3.05, 3.63) is 29.8 Å². The molecule has 1 heterocycles. The standard InChI is InChI=1S/C14H21NO2/c1-14(17,13-7-2-3-8-15-13)10-11-5-4-6-12(16)9-11/h4-6,9,13,15-17H,2-3,7-8,10H2,1H3. The van der Waals surface area contributed by atoms with E-state index in [1.807, 2.05) is 19.1 Å². The van der Waals surface area contributed by atoms with Crippen LogP contribution in [0.5, 0.6) is 5.75 Å². The Hall–Kier alpha value is -1.06. The first-order valence-electron chi connectivity index (χ1n) is 6.31. The number of hydrogen-bond acceptors (Lipinski definition) is 3. The van der Waals surface area contributed by atoms with Crippen molar-refractivity contribution >= 4 is 0 Å². The van der Waals surface area contributed by atoms with Gasteiger partial charge in [-0.2, -0.15) is 0 Å². The van der Waals surface area contributed by atoms with E-state index in [0.29, 0.717) is 6.42 Å². The molecule has 0 amide bonds. The Morgan fingerprint density at radius 1 is 1.41 bits per heavy atom. The molecular weight excluding hydrogens is 214 g/mol. The Labute approximate surface area is 102 Å². The Morgan fingerprint density at radius 3 is 2.88 bits per heavy atom. The largest absolute Gasteiger partial charge is 0.508 e. The number of rotatable bonds is 3. The molecule has 1 aliphatic rings. The zero-order chi connectivity index (χ0) is 12.3. The van der Waals surface area contributed by atoms with Crippen LogP contribution in [-0.2, 0) is 6.42 Å². The third kappa shape index (κ3) is 3.20. The molecule has 3 N–H and O–H groups in total. The molecule has 1 aromatic carbocycles. The van der Waals surface area contributed by atoms with Crippen molar-refractivity contribution in [1.29, 1.82) is 0 Å². The van der Waals surface area contributed by atoms with Gasteiger partial charge in [-0.3, -0.25) is 0 Å². The Balaban J connectivity index is 2.05. The zero-order valence-electron chi connectivity index (χ0n) is 10.3. The van der Waals surface area contributed by atoms with Crippen molar-refractivity contribution in [2.45, 2.75) is 44.2 Å². The quantitative estimate of drug-likeness (QED) is 0.749. The summed E-state index contributed by atoms with van der Waals surface area (Å²) in [6.45, 7) is 2.86. The summed E-state index contributed by atoms with van der Waals surface area (Å²) in [6, 6.07) is 7.28.